The number of ether oxygens (including phenoxy) is 2. The van der Waals surface area contributed by atoms with Crippen molar-refractivity contribution < 1.29 is 14.3 Å². The third kappa shape index (κ3) is 4.47. The number of benzene rings is 1. The molecule has 0 aliphatic rings. The molecule has 0 aliphatic heterocycles. The number of nitrogens with zero attached hydrogens (tertiary/aromatic N) is 2. The average molecular weight is 348 g/mol. The molecule has 0 spiro atoms. The van der Waals surface area contributed by atoms with Gasteiger partial charge in [-0.05, 0) is 52.0 Å². The minimum atomic E-state index is -0.552. The lowest BCUT2D eigenvalue weighted by atomic mass is 10.2. The average Bonchev–Trinajstić information content (AvgIpc) is 2.92. The molecule has 2 aromatic rings. The maximum absolute atomic E-state index is 12.4. The van der Waals surface area contributed by atoms with Crippen LogP contribution in [0.15, 0.2) is 24.3 Å². The van der Waals surface area contributed by atoms with Crippen LogP contribution in [0.4, 0.5) is 5.00 Å². The maximum Gasteiger partial charge on any atom is 0.360 e. The predicted molar refractivity (Wildman–Crippen MR) is 98.2 cm³/mol. The molecule has 24 heavy (non-hydrogen) atoms. The van der Waals surface area contributed by atoms with Crippen molar-refractivity contribution in [2.45, 2.75) is 33.3 Å². The lowest BCUT2D eigenvalue weighted by Crippen LogP contribution is -2.25. The quantitative estimate of drug-likeness (QED) is 0.757. The van der Waals surface area contributed by atoms with Crippen LogP contribution in [-0.4, -0.2) is 37.3 Å². The number of carbonyl (C=O) groups is 1. The number of hydrogen-bond acceptors (Lipinski definition) is 6. The van der Waals surface area contributed by atoms with Crippen LogP contribution in [0.2, 0.25) is 0 Å². The summed E-state index contributed by atoms with van der Waals surface area (Å²) in [5.74, 6) is 0.414. The molecule has 0 fully saturated rings. The number of rotatable bonds is 5. The zero-order chi connectivity index (χ0) is 17.9. The predicted octanol–water partition coefficient (Wildman–Crippen LogP) is 4.23. The molecule has 0 radical (unpaired) electrons. The number of thiazole rings is 1. The van der Waals surface area contributed by atoms with Crippen molar-refractivity contribution in [3.8, 4) is 16.3 Å². The molecule has 1 aromatic heterocycles. The van der Waals surface area contributed by atoms with Gasteiger partial charge in [0.25, 0.3) is 0 Å². The van der Waals surface area contributed by atoms with Crippen LogP contribution in [0.5, 0.6) is 5.75 Å². The lowest BCUT2D eigenvalue weighted by molar-refractivity contribution is 0.00646. The number of esters is 1. The Labute approximate surface area is 147 Å². The van der Waals surface area contributed by atoms with Gasteiger partial charge < -0.3 is 14.4 Å². The Kier molecular flexibility index (Phi) is 5.49. The molecule has 0 amide bonds. The number of aromatic nitrogens is 1. The Bertz CT molecular complexity index is 700. The number of hydrogen-bond donors (Lipinski definition) is 0. The van der Waals surface area contributed by atoms with Crippen molar-refractivity contribution >= 4 is 22.3 Å². The molecule has 0 N–H and O–H groups in total. The summed E-state index contributed by atoms with van der Waals surface area (Å²) in [4.78, 5) is 18.9. The molecule has 0 unspecified atom stereocenters. The first kappa shape index (κ1) is 18.3. The van der Waals surface area contributed by atoms with Crippen molar-refractivity contribution in [2.75, 3.05) is 25.6 Å². The van der Waals surface area contributed by atoms with E-state index in [0.29, 0.717) is 12.3 Å². The van der Waals surface area contributed by atoms with Gasteiger partial charge in [-0.25, -0.2) is 9.78 Å². The molecule has 0 aliphatic carbocycles. The summed E-state index contributed by atoms with van der Waals surface area (Å²) in [6, 6.07) is 7.70. The van der Waals surface area contributed by atoms with Gasteiger partial charge in [-0.1, -0.05) is 11.3 Å². The van der Waals surface area contributed by atoms with Gasteiger partial charge in [0.05, 0.1) is 6.61 Å². The van der Waals surface area contributed by atoms with E-state index < -0.39 is 11.6 Å². The summed E-state index contributed by atoms with van der Waals surface area (Å²) in [6.45, 7) is 8.12. The fourth-order valence-corrected chi connectivity index (χ4v) is 3.04. The van der Waals surface area contributed by atoms with Gasteiger partial charge in [-0.3, -0.25) is 0 Å². The summed E-state index contributed by atoms with van der Waals surface area (Å²) < 4.78 is 10.9. The second-order valence-electron chi connectivity index (χ2n) is 6.53. The van der Waals surface area contributed by atoms with Crippen LogP contribution in [0.25, 0.3) is 10.6 Å². The maximum atomic E-state index is 12.4. The molecule has 2 rings (SSSR count). The zero-order valence-electron chi connectivity index (χ0n) is 15.0. The number of carbonyl (C=O) groups excluding carboxylic acids is 1. The summed E-state index contributed by atoms with van der Waals surface area (Å²) in [7, 11) is 3.78. The molecular formula is C18H24N2O3S. The van der Waals surface area contributed by atoms with Gasteiger partial charge >= 0.3 is 5.97 Å². The molecule has 0 bridgehead atoms. The summed E-state index contributed by atoms with van der Waals surface area (Å²) in [6.07, 6.45) is 0. The first-order valence-corrected chi connectivity index (χ1v) is 8.67. The van der Waals surface area contributed by atoms with E-state index in [1.165, 1.54) is 11.3 Å². The Morgan fingerprint density at radius 1 is 1.21 bits per heavy atom. The molecule has 0 atom stereocenters. The van der Waals surface area contributed by atoms with Crippen LogP contribution >= 0.6 is 11.3 Å². The van der Waals surface area contributed by atoms with Crippen molar-refractivity contribution in [3.05, 3.63) is 30.0 Å². The molecule has 0 saturated heterocycles. The summed E-state index contributed by atoms with van der Waals surface area (Å²) in [5, 5.41) is 1.57. The van der Waals surface area contributed by atoms with Crippen LogP contribution in [-0.2, 0) is 4.74 Å². The molecular weight excluding hydrogens is 324 g/mol. The van der Waals surface area contributed by atoms with Crippen LogP contribution in [0.3, 0.4) is 0 Å². The van der Waals surface area contributed by atoms with E-state index in [9.17, 15) is 4.79 Å². The van der Waals surface area contributed by atoms with Crippen molar-refractivity contribution in [2.24, 2.45) is 0 Å². The van der Waals surface area contributed by atoms with Gasteiger partial charge in [0.1, 0.15) is 21.4 Å². The Morgan fingerprint density at radius 2 is 1.83 bits per heavy atom. The second-order valence-corrected chi connectivity index (χ2v) is 7.50. The fourth-order valence-electron chi connectivity index (χ4n) is 2.06. The topological polar surface area (TPSA) is 51.7 Å². The Balaban J connectivity index is 2.35. The monoisotopic (exact) mass is 348 g/mol. The second kappa shape index (κ2) is 7.21. The van der Waals surface area contributed by atoms with E-state index >= 15 is 0 Å². The highest BCUT2D eigenvalue weighted by Crippen LogP contribution is 2.35. The SMILES string of the molecule is CCOc1ccc(-c2nc(C(=O)OC(C)(C)C)c(N(C)C)s2)cc1. The third-order valence-corrected chi connectivity index (χ3v) is 4.29. The molecule has 0 saturated carbocycles. The van der Waals surface area contributed by atoms with E-state index in [1.54, 1.807) is 0 Å². The Morgan fingerprint density at radius 3 is 2.33 bits per heavy atom. The summed E-state index contributed by atoms with van der Waals surface area (Å²) >= 11 is 1.47. The van der Waals surface area contributed by atoms with Crippen LogP contribution in [0, 0.1) is 0 Å². The third-order valence-electron chi connectivity index (χ3n) is 3.02. The van der Waals surface area contributed by atoms with Gasteiger partial charge in [0.2, 0.25) is 0 Å². The fraction of sp³-hybridized carbons (Fsp3) is 0.444. The number of anilines is 1. The van der Waals surface area contributed by atoms with E-state index in [2.05, 4.69) is 4.98 Å². The standard InChI is InChI=1S/C18H24N2O3S/c1-7-22-13-10-8-12(9-11-13)15-19-14(16(24-15)20(5)6)17(21)23-18(2,3)4/h8-11H,7H2,1-6H3. The molecule has 1 aromatic carbocycles. The van der Waals surface area contributed by atoms with E-state index in [4.69, 9.17) is 9.47 Å². The normalized spacial score (nSPS) is 11.2. The van der Waals surface area contributed by atoms with Crippen molar-refractivity contribution in [1.29, 1.82) is 0 Å². The lowest BCUT2D eigenvalue weighted by Gasteiger charge is -2.19. The largest absolute Gasteiger partial charge is 0.494 e. The minimum absolute atomic E-state index is 0.351. The summed E-state index contributed by atoms with van der Waals surface area (Å²) in [5.41, 5.74) is 0.744. The van der Waals surface area contributed by atoms with Crippen molar-refractivity contribution in [3.63, 3.8) is 0 Å². The first-order valence-electron chi connectivity index (χ1n) is 7.86. The molecule has 130 valence electrons. The van der Waals surface area contributed by atoms with Gasteiger partial charge in [0, 0.05) is 19.7 Å². The highest BCUT2D eigenvalue weighted by atomic mass is 32.1. The highest BCUT2D eigenvalue weighted by Gasteiger charge is 2.25. The molecule has 1 heterocycles. The van der Waals surface area contributed by atoms with Crippen molar-refractivity contribution in [1.82, 2.24) is 4.98 Å². The smallest absolute Gasteiger partial charge is 0.360 e. The van der Waals surface area contributed by atoms with Gasteiger partial charge in [-0.2, -0.15) is 0 Å². The minimum Gasteiger partial charge on any atom is -0.494 e. The van der Waals surface area contributed by atoms with Crippen LogP contribution in [0.1, 0.15) is 38.2 Å². The van der Waals surface area contributed by atoms with Crippen LogP contribution < -0.4 is 9.64 Å². The van der Waals surface area contributed by atoms with Gasteiger partial charge in [0.15, 0.2) is 5.69 Å². The molecule has 5 nitrogen and oxygen atoms in total. The van der Waals surface area contributed by atoms with Gasteiger partial charge in [-0.15, -0.1) is 0 Å². The van der Waals surface area contributed by atoms with E-state index in [-0.39, 0.29) is 0 Å². The van der Waals surface area contributed by atoms with E-state index in [1.807, 2.05) is 71.0 Å². The first-order chi connectivity index (χ1) is 11.2. The highest BCUT2D eigenvalue weighted by molar-refractivity contribution is 7.19. The van der Waals surface area contributed by atoms with E-state index in [0.717, 1.165) is 21.3 Å². The molecule has 6 heteroatoms. The Hall–Kier alpha value is -2.08. The zero-order valence-corrected chi connectivity index (χ0v) is 15.9.